The van der Waals surface area contributed by atoms with Gasteiger partial charge in [-0.05, 0) is 43.4 Å². The first-order valence-corrected chi connectivity index (χ1v) is 17.0. The molecule has 2 aromatic carbocycles. The van der Waals surface area contributed by atoms with Gasteiger partial charge in [0, 0.05) is 74.5 Å². The average molecular weight is 704 g/mol. The molecule has 2 amide bonds. The second-order valence-electron chi connectivity index (χ2n) is 13.2. The van der Waals surface area contributed by atoms with E-state index in [4.69, 9.17) is 32.9 Å². The normalized spacial score (nSPS) is 20.1. The van der Waals surface area contributed by atoms with Gasteiger partial charge in [0.25, 0.3) is 11.5 Å². The molecule has 4 aromatic rings. The number of benzene rings is 2. The summed E-state index contributed by atoms with van der Waals surface area (Å²) in [6.45, 7) is 2.72. The van der Waals surface area contributed by atoms with E-state index in [1.807, 2.05) is 18.2 Å². The Morgan fingerprint density at radius 1 is 1.04 bits per heavy atom. The number of methoxy groups -OCH3 is 1. The van der Waals surface area contributed by atoms with Crippen molar-refractivity contribution < 1.29 is 14.3 Å². The summed E-state index contributed by atoms with van der Waals surface area (Å²) in [4.78, 5) is 57.2. The maximum atomic E-state index is 13.1. The van der Waals surface area contributed by atoms with E-state index in [1.165, 1.54) is 30.4 Å². The molecule has 13 heteroatoms. The van der Waals surface area contributed by atoms with Gasteiger partial charge in [-0.3, -0.25) is 19.0 Å². The number of rotatable bonds is 7. The third-order valence-corrected chi connectivity index (χ3v) is 10.9. The minimum Gasteiger partial charge on any atom is -0.481 e. The minimum absolute atomic E-state index is 0.0812. The van der Waals surface area contributed by atoms with Crippen molar-refractivity contribution in [2.45, 2.75) is 43.6 Å². The molecule has 0 unspecified atom stereocenters. The summed E-state index contributed by atoms with van der Waals surface area (Å²) in [6.07, 6.45) is 5.58. The Kier molecular flexibility index (Phi) is 8.62. The van der Waals surface area contributed by atoms with Crippen molar-refractivity contribution in [1.82, 2.24) is 24.3 Å². The van der Waals surface area contributed by atoms with Crippen LogP contribution in [0.3, 0.4) is 0 Å². The summed E-state index contributed by atoms with van der Waals surface area (Å²) in [6, 6.07) is 12.9. The zero-order chi connectivity index (χ0) is 34.6. The molecule has 2 saturated heterocycles. The van der Waals surface area contributed by atoms with E-state index >= 15 is 0 Å². The van der Waals surface area contributed by atoms with Crippen LogP contribution in [0.5, 0.6) is 5.88 Å². The Morgan fingerprint density at radius 2 is 1.78 bits per heavy atom. The van der Waals surface area contributed by atoms with Crippen LogP contribution < -0.4 is 26.6 Å². The molecule has 7 rings (SSSR count). The fourth-order valence-corrected chi connectivity index (χ4v) is 8.21. The second-order valence-corrected chi connectivity index (χ2v) is 14.0. The number of ether oxygens (including phenoxy) is 1. The topological polar surface area (TPSA) is 128 Å². The summed E-state index contributed by atoms with van der Waals surface area (Å²) < 4.78 is 7.92. The number of hydrogen-bond donors (Lipinski definition) is 2. The van der Waals surface area contributed by atoms with E-state index < -0.39 is 17.2 Å². The van der Waals surface area contributed by atoms with E-state index in [-0.39, 0.29) is 33.6 Å². The predicted octanol–water partition coefficient (Wildman–Crippen LogP) is 4.77. The van der Waals surface area contributed by atoms with Crippen molar-refractivity contribution in [3.63, 3.8) is 0 Å². The number of halogens is 2. The molecule has 0 saturated carbocycles. The minimum atomic E-state index is -0.712. The highest BCUT2D eigenvalue weighted by Gasteiger charge is 2.44. The Bertz CT molecular complexity index is 2150. The Labute approximate surface area is 292 Å². The molecule has 1 spiro atoms. The van der Waals surface area contributed by atoms with Crippen LogP contribution in [0.4, 0.5) is 5.69 Å². The van der Waals surface area contributed by atoms with Gasteiger partial charge in [0.05, 0.1) is 34.1 Å². The Balaban J connectivity index is 1.16. The number of amides is 2. The molecular weight excluding hydrogens is 667 g/mol. The number of anilines is 1. The highest BCUT2D eigenvalue weighted by molar-refractivity contribution is 6.39. The van der Waals surface area contributed by atoms with Gasteiger partial charge in [-0.15, -0.1) is 0 Å². The van der Waals surface area contributed by atoms with Crippen LogP contribution in [-0.2, 0) is 25.3 Å². The molecule has 254 valence electrons. The second kappa shape index (κ2) is 12.8. The van der Waals surface area contributed by atoms with Crippen LogP contribution in [0.25, 0.3) is 22.4 Å². The number of likely N-dealkylation sites (tertiary alicyclic amines) is 1. The molecule has 4 heterocycles. The first-order chi connectivity index (χ1) is 23.5. The number of carbonyl (C=O) groups excluding carboxylic acids is 2. The van der Waals surface area contributed by atoms with Crippen molar-refractivity contribution in [3.05, 3.63) is 96.2 Å². The van der Waals surface area contributed by atoms with Crippen molar-refractivity contribution in [2.24, 2.45) is 14.1 Å². The largest absolute Gasteiger partial charge is 0.481 e. The van der Waals surface area contributed by atoms with Crippen LogP contribution in [-0.4, -0.2) is 63.1 Å². The summed E-state index contributed by atoms with van der Waals surface area (Å²) >= 11 is 14.0. The first kappa shape index (κ1) is 33.1. The number of aryl methyl sites for hydroxylation is 2. The van der Waals surface area contributed by atoms with Crippen molar-refractivity contribution in [1.29, 1.82) is 0 Å². The van der Waals surface area contributed by atoms with Crippen molar-refractivity contribution >= 4 is 40.7 Å². The maximum Gasteiger partial charge on any atom is 0.330 e. The van der Waals surface area contributed by atoms with Gasteiger partial charge >= 0.3 is 5.69 Å². The maximum absolute atomic E-state index is 13.1. The Hall–Kier alpha value is -4.45. The van der Waals surface area contributed by atoms with Gasteiger partial charge in [-0.25, -0.2) is 9.78 Å². The van der Waals surface area contributed by atoms with Gasteiger partial charge in [-0.1, -0.05) is 53.5 Å². The molecule has 2 aliphatic heterocycles. The summed E-state index contributed by atoms with van der Waals surface area (Å²) in [5.74, 6) is 0.324. The molecule has 2 atom stereocenters. The molecule has 49 heavy (non-hydrogen) atoms. The standard InChI is InChI=1S/C36H36Cl2N6O5/c1-42-18-25(34(47)43(2)35(42)48)32(46)39-26-9-5-7-23(31(26)38)22-6-4-8-24(30(22)37)27-16-20-10-11-21(29(20)33(40-27)49-3)17-44-15-14-36(19-44)13-12-28(45)41-36/h4-9,16,18,21H,10-15,17,19H2,1-3H3,(H,39,46)(H,41,45)/t21-,36+/m1/s1. The molecular formula is C36H36Cl2N6O5. The van der Waals surface area contributed by atoms with E-state index in [1.54, 1.807) is 25.3 Å². The number of carbonyl (C=O) groups is 2. The third-order valence-electron chi connectivity index (χ3n) is 10.1. The monoisotopic (exact) mass is 702 g/mol. The summed E-state index contributed by atoms with van der Waals surface area (Å²) in [5.41, 5.74) is 3.68. The molecule has 3 aliphatic rings. The number of nitrogens with zero attached hydrogens (tertiary/aromatic N) is 4. The Morgan fingerprint density at radius 3 is 2.51 bits per heavy atom. The van der Waals surface area contributed by atoms with Crippen LogP contribution in [0.1, 0.15) is 53.1 Å². The summed E-state index contributed by atoms with van der Waals surface area (Å²) in [7, 11) is 4.42. The zero-order valence-corrected chi connectivity index (χ0v) is 29.0. The highest BCUT2D eigenvalue weighted by atomic mass is 35.5. The number of aromatic nitrogens is 3. The first-order valence-electron chi connectivity index (χ1n) is 16.3. The van der Waals surface area contributed by atoms with Crippen LogP contribution >= 0.6 is 23.2 Å². The van der Waals surface area contributed by atoms with E-state index in [9.17, 15) is 19.2 Å². The van der Waals surface area contributed by atoms with Gasteiger partial charge in [-0.2, -0.15) is 0 Å². The number of pyridine rings is 1. The van der Waals surface area contributed by atoms with Crippen molar-refractivity contribution in [3.8, 4) is 28.3 Å². The van der Waals surface area contributed by atoms with Crippen LogP contribution in [0.2, 0.25) is 10.0 Å². The van der Waals surface area contributed by atoms with Crippen LogP contribution in [0.15, 0.2) is 58.3 Å². The number of fused-ring (bicyclic) bond motifs is 1. The van der Waals surface area contributed by atoms with Gasteiger partial charge < -0.3 is 24.8 Å². The van der Waals surface area contributed by atoms with Gasteiger partial charge in [0.15, 0.2) is 0 Å². The molecule has 0 bridgehead atoms. The van der Waals surface area contributed by atoms with Crippen LogP contribution in [0, 0.1) is 0 Å². The smallest absolute Gasteiger partial charge is 0.330 e. The van der Waals surface area contributed by atoms with Gasteiger partial charge in [0.2, 0.25) is 11.8 Å². The average Bonchev–Trinajstić information content (AvgIpc) is 3.80. The number of hydrogen-bond acceptors (Lipinski definition) is 7. The van der Waals surface area contributed by atoms with Crippen molar-refractivity contribution in [2.75, 3.05) is 32.1 Å². The molecule has 0 radical (unpaired) electrons. The van der Waals surface area contributed by atoms with E-state index in [2.05, 4.69) is 21.6 Å². The number of nitrogens with one attached hydrogen (secondary N) is 2. The summed E-state index contributed by atoms with van der Waals surface area (Å²) in [5, 5.41) is 6.61. The molecule has 2 fully saturated rings. The quantitative estimate of drug-likeness (QED) is 0.284. The lowest BCUT2D eigenvalue weighted by Crippen LogP contribution is -2.44. The zero-order valence-electron chi connectivity index (χ0n) is 27.4. The molecule has 2 aromatic heterocycles. The fraction of sp³-hybridized carbons (Fsp3) is 0.361. The third kappa shape index (κ3) is 5.94. The van der Waals surface area contributed by atoms with Gasteiger partial charge in [0.1, 0.15) is 5.56 Å². The molecule has 11 nitrogen and oxygen atoms in total. The SMILES string of the molecule is COc1nc(-c2cccc(-c3cccc(NC(=O)c4cn(C)c(=O)n(C)c4=O)c3Cl)c2Cl)cc2c1[C@@H](CN1CC[C@@]3(CCC(=O)N3)C1)CC2. The molecule has 2 N–H and O–H groups in total. The predicted molar refractivity (Wildman–Crippen MR) is 189 cm³/mol. The lowest BCUT2D eigenvalue weighted by molar-refractivity contribution is -0.119. The fourth-order valence-electron chi connectivity index (χ4n) is 7.61. The lowest BCUT2D eigenvalue weighted by atomic mass is 9.96. The van der Waals surface area contributed by atoms with E-state index in [0.29, 0.717) is 39.7 Å². The highest BCUT2D eigenvalue weighted by Crippen LogP contribution is 2.45. The lowest BCUT2D eigenvalue weighted by Gasteiger charge is -2.26. The molecule has 1 aliphatic carbocycles. The van der Waals surface area contributed by atoms with E-state index in [0.717, 1.165) is 55.4 Å².